The molecule has 0 aliphatic heterocycles. The van der Waals surface area contributed by atoms with Crippen molar-refractivity contribution in [2.45, 2.75) is 496 Å². The minimum Gasteiger partial charge on any atom is -0.462 e. The fourth-order valence-electron chi connectivity index (χ4n) is 14.0. The molecule has 19 heteroatoms. The van der Waals surface area contributed by atoms with E-state index in [2.05, 4.69) is 41.5 Å². The third kappa shape index (κ3) is 82.1. The summed E-state index contributed by atoms with van der Waals surface area (Å²) in [5.41, 5.74) is 0. The summed E-state index contributed by atoms with van der Waals surface area (Å²) in [6.45, 7) is 9.71. The van der Waals surface area contributed by atoms with Gasteiger partial charge in [-0.1, -0.05) is 427 Å². The van der Waals surface area contributed by atoms with Gasteiger partial charge in [0.15, 0.2) is 12.2 Å². The summed E-state index contributed by atoms with van der Waals surface area (Å²) in [6.07, 6.45) is 73.9. The summed E-state index contributed by atoms with van der Waals surface area (Å²) in [5, 5.41) is 10.7. The van der Waals surface area contributed by atoms with Gasteiger partial charge < -0.3 is 33.8 Å². The number of aliphatic hydroxyl groups excluding tert-OH is 1. The molecule has 3 N–H and O–H groups in total. The number of carbonyl (C=O) groups is 4. The van der Waals surface area contributed by atoms with Crippen LogP contribution in [0.3, 0.4) is 0 Å². The van der Waals surface area contributed by atoms with E-state index in [1.165, 1.54) is 289 Å². The van der Waals surface area contributed by atoms with Gasteiger partial charge in [-0.2, -0.15) is 0 Å². The number of phosphoric acid groups is 2. The van der Waals surface area contributed by atoms with Crippen molar-refractivity contribution in [1.29, 1.82) is 0 Å². The summed E-state index contributed by atoms with van der Waals surface area (Å²) in [4.78, 5) is 73.2. The maximum atomic E-state index is 13.2. The highest BCUT2D eigenvalue weighted by Gasteiger charge is 2.31. The number of unbranched alkanes of at least 4 members (excludes halogenated alkanes) is 58. The normalized spacial score (nSPS) is 13.8. The lowest BCUT2D eigenvalue weighted by Crippen LogP contribution is -2.30. The van der Waals surface area contributed by atoms with Gasteiger partial charge >= 0.3 is 39.5 Å². The van der Waals surface area contributed by atoms with E-state index in [9.17, 15) is 43.2 Å². The van der Waals surface area contributed by atoms with Crippen molar-refractivity contribution in [3.8, 4) is 0 Å². The first-order valence-electron chi connectivity index (χ1n) is 46.0. The van der Waals surface area contributed by atoms with E-state index in [4.69, 9.17) is 37.0 Å². The molecule has 5 atom stereocenters. The van der Waals surface area contributed by atoms with E-state index < -0.39 is 97.5 Å². The number of esters is 4. The Balaban J connectivity index is 5.17. The van der Waals surface area contributed by atoms with Crippen LogP contribution in [0.1, 0.15) is 478 Å². The molecule has 0 aromatic heterocycles. The van der Waals surface area contributed by atoms with Gasteiger partial charge in [-0.25, -0.2) is 9.13 Å². The van der Waals surface area contributed by atoms with Crippen molar-refractivity contribution in [1.82, 2.24) is 0 Å². The summed E-state index contributed by atoms with van der Waals surface area (Å²) in [6, 6.07) is 0. The average Bonchev–Trinajstić information content (AvgIpc) is 0.904. The molecular formula is C89H174O17P2. The number of hydrogen-bond acceptors (Lipinski definition) is 15. The summed E-state index contributed by atoms with van der Waals surface area (Å²) < 4.78 is 68.9. The molecule has 0 aromatic rings. The molecule has 0 fully saturated rings. The average molecular weight is 1580 g/mol. The third-order valence-corrected chi connectivity index (χ3v) is 22.9. The van der Waals surface area contributed by atoms with E-state index >= 15 is 0 Å². The Morgan fingerprint density at radius 3 is 0.630 bits per heavy atom. The molecule has 0 aliphatic carbocycles. The molecule has 0 aromatic carbocycles. The van der Waals surface area contributed by atoms with E-state index in [-0.39, 0.29) is 25.7 Å². The monoisotopic (exact) mass is 1580 g/mol. The summed E-state index contributed by atoms with van der Waals surface area (Å²) in [7, 11) is -9.93. The van der Waals surface area contributed by atoms with Gasteiger partial charge in [-0.3, -0.25) is 37.3 Å². The van der Waals surface area contributed by atoms with Crippen LogP contribution >= 0.6 is 15.6 Å². The van der Waals surface area contributed by atoms with Crippen molar-refractivity contribution in [2.75, 3.05) is 39.6 Å². The molecule has 0 aliphatic rings. The quantitative estimate of drug-likeness (QED) is 0.0222. The van der Waals surface area contributed by atoms with Gasteiger partial charge in [0.05, 0.1) is 26.4 Å². The first-order chi connectivity index (χ1) is 52.4. The third-order valence-electron chi connectivity index (χ3n) is 21.0. The zero-order valence-corrected chi connectivity index (χ0v) is 73.0. The molecule has 2 unspecified atom stereocenters. The molecule has 0 heterocycles. The minimum absolute atomic E-state index is 0.108. The number of ether oxygens (including phenoxy) is 4. The summed E-state index contributed by atoms with van der Waals surface area (Å²) in [5.74, 6) is -0.484. The second kappa shape index (κ2) is 80.3. The van der Waals surface area contributed by atoms with Crippen LogP contribution < -0.4 is 0 Å². The van der Waals surface area contributed by atoms with Crippen LogP contribution in [0.5, 0.6) is 0 Å². The largest absolute Gasteiger partial charge is 0.472 e. The Hall–Kier alpha value is -1.94. The topological polar surface area (TPSA) is 237 Å². The molecule has 0 amide bonds. The number of rotatable bonds is 88. The smallest absolute Gasteiger partial charge is 0.462 e. The molecule has 0 bridgehead atoms. The fourth-order valence-corrected chi connectivity index (χ4v) is 15.5. The zero-order chi connectivity index (χ0) is 79.2. The predicted octanol–water partition coefficient (Wildman–Crippen LogP) is 27.4. The van der Waals surface area contributed by atoms with Gasteiger partial charge in [0.1, 0.15) is 19.3 Å². The number of hydrogen-bond donors (Lipinski definition) is 3. The lowest BCUT2D eigenvalue weighted by atomic mass is 10.0. The molecular weight excluding hydrogens is 1400 g/mol. The zero-order valence-electron chi connectivity index (χ0n) is 71.2. The van der Waals surface area contributed by atoms with Crippen molar-refractivity contribution in [3.05, 3.63) is 0 Å². The number of aliphatic hydroxyl groups is 1. The second-order valence-electron chi connectivity index (χ2n) is 32.9. The van der Waals surface area contributed by atoms with Crippen LogP contribution in [0.15, 0.2) is 0 Å². The second-order valence-corrected chi connectivity index (χ2v) is 35.8. The molecule has 0 radical (unpaired) electrons. The SMILES string of the molecule is CCCCCCCCCCCCCCCCCCCCCCCCC(=O)O[C@H](COC(=O)CCCCCCCCCCCCCCCCCCCCC(C)C)COP(=O)(O)OC[C@@H](O)COP(=O)(O)OC[C@@H](COC(=O)CCCCCCCCCC)OC(=O)CCCCCCCCCCCCCCCCC(C)C. The highest BCUT2D eigenvalue weighted by molar-refractivity contribution is 7.47. The van der Waals surface area contributed by atoms with Crippen LogP contribution in [-0.4, -0.2) is 96.7 Å². The highest BCUT2D eigenvalue weighted by Crippen LogP contribution is 2.45. The van der Waals surface area contributed by atoms with Crippen LogP contribution in [0, 0.1) is 11.8 Å². The van der Waals surface area contributed by atoms with Gasteiger partial charge in [0.2, 0.25) is 0 Å². The molecule has 0 rings (SSSR count). The van der Waals surface area contributed by atoms with Crippen LogP contribution in [0.25, 0.3) is 0 Å². The predicted molar refractivity (Wildman–Crippen MR) is 446 cm³/mol. The maximum Gasteiger partial charge on any atom is 0.472 e. The molecule has 17 nitrogen and oxygen atoms in total. The lowest BCUT2D eigenvalue weighted by molar-refractivity contribution is -0.161. The molecule has 0 saturated heterocycles. The Morgan fingerprint density at radius 1 is 0.250 bits per heavy atom. The molecule has 0 spiro atoms. The fraction of sp³-hybridized carbons (Fsp3) is 0.955. The van der Waals surface area contributed by atoms with E-state index in [0.717, 1.165) is 108 Å². The Kier molecular flexibility index (Phi) is 78.8. The van der Waals surface area contributed by atoms with E-state index in [1.54, 1.807) is 0 Å². The summed E-state index contributed by atoms with van der Waals surface area (Å²) >= 11 is 0. The van der Waals surface area contributed by atoms with Crippen molar-refractivity contribution >= 4 is 39.5 Å². The first kappa shape index (κ1) is 106. The van der Waals surface area contributed by atoms with Crippen LogP contribution in [-0.2, 0) is 65.4 Å². The Bertz CT molecular complexity index is 2060. The first-order valence-corrected chi connectivity index (χ1v) is 49.0. The van der Waals surface area contributed by atoms with E-state index in [1.807, 2.05) is 0 Å². The van der Waals surface area contributed by atoms with Gasteiger partial charge in [0, 0.05) is 25.7 Å². The lowest BCUT2D eigenvalue weighted by Gasteiger charge is -2.21. The van der Waals surface area contributed by atoms with Crippen LogP contribution in [0.4, 0.5) is 0 Å². The standard InChI is InChI=1S/C89H174O17P2/c1-7-9-11-13-15-17-18-19-20-21-22-23-24-25-30-33-39-44-49-55-61-67-73-89(94)106-85(78-100-87(92)72-66-60-54-48-43-38-32-29-27-26-28-31-36-41-46-51-57-63-69-81(3)4)80-104-108(97,98)102-76-83(90)75-101-107(95,96)103-79-84(77-99-86(91)71-65-59-53-16-14-12-10-8-2)105-88(93)74-68-62-56-50-45-40-35-34-37-42-47-52-58-64-70-82(5)6/h81-85,90H,7-80H2,1-6H3,(H,95,96)(H,97,98)/t83-,84+,85+/m0/s1. The molecule has 0 saturated carbocycles. The van der Waals surface area contributed by atoms with Gasteiger partial charge in [-0.05, 0) is 37.5 Å². The highest BCUT2D eigenvalue weighted by atomic mass is 31.2. The van der Waals surface area contributed by atoms with Crippen molar-refractivity contribution in [2.24, 2.45) is 11.8 Å². The number of phosphoric ester groups is 2. The van der Waals surface area contributed by atoms with Crippen molar-refractivity contribution < 1.29 is 80.2 Å². The minimum atomic E-state index is -4.97. The van der Waals surface area contributed by atoms with Crippen molar-refractivity contribution in [3.63, 3.8) is 0 Å². The maximum absolute atomic E-state index is 13.2. The number of carbonyl (C=O) groups excluding carboxylic acids is 4. The van der Waals surface area contributed by atoms with Gasteiger partial charge in [-0.15, -0.1) is 0 Å². The molecule has 642 valence electrons. The molecule has 108 heavy (non-hydrogen) atoms. The van der Waals surface area contributed by atoms with E-state index in [0.29, 0.717) is 25.7 Å². The Morgan fingerprint density at radius 2 is 0.426 bits per heavy atom. The van der Waals surface area contributed by atoms with Crippen LogP contribution in [0.2, 0.25) is 0 Å². The Labute approximate surface area is 664 Å². The van der Waals surface area contributed by atoms with Gasteiger partial charge in [0.25, 0.3) is 0 Å².